The van der Waals surface area contributed by atoms with Crippen LogP contribution in [0.15, 0.2) is 46.9 Å². The molecule has 0 saturated carbocycles. The van der Waals surface area contributed by atoms with Gasteiger partial charge in [-0.2, -0.15) is 0 Å². The Hall–Kier alpha value is -2.28. The van der Waals surface area contributed by atoms with Crippen molar-refractivity contribution in [2.75, 3.05) is 11.9 Å². The Bertz CT molecular complexity index is 685. The smallest absolute Gasteiger partial charge is 0.251 e. The summed E-state index contributed by atoms with van der Waals surface area (Å²) < 4.78 is 26.9. The lowest BCUT2D eigenvalue weighted by Gasteiger charge is -2.07. The zero-order valence-electron chi connectivity index (χ0n) is 11.2. The summed E-state index contributed by atoms with van der Waals surface area (Å²) in [4.78, 5) is 23.4. The molecule has 0 radical (unpaired) electrons. The van der Waals surface area contributed by atoms with E-state index in [9.17, 15) is 18.4 Å². The quantitative estimate of drug-likeness (QED) is 0.870. The van der Waals surface area contributed by atoms with Gasteiger partial charge in [-0.3, -0.25) is 9.59 Å². The van der Waals surface area contributed by atoms with Crippen LogP contribution >= 0.6 is 15.9 Å². The molecule has 0 fully saturated rings. The van der Waals surface area contributed by atoms with Gasteiger partial charge in [0.25, 0.3) is 5.91 Å². The van der Waals surface area contributed by atoms with Crippen molar-refractivity contribution in [2.45, 2.75) is 0 Å². The molecule has 0 unspecified atom stereocenters. The largest absolute Gasteiger partial charge is 0.343 e. The summed E-state index contributed by atoms with van der Waals surface area (Å²) in [6, 6.07) is 9.33. The molecule has 0 atom stereocenters. The Morgan fingerprint density at radius 1 is 1.00 bits per heavy atom. The van der Waals surface area contributed by atoms with Crippen molar-refractivity contribution >= 4 is 33.4 Å². The zero-order valence-corrected chi connectivity index (χ0v) is 12.8. The second-order valence-electron chi connectivity index (χ2n) is 4.40. The molecule has 0 aromatic heterocycles. The molecule has 2 N–H and O–H groups in total. The number of anilines is 1. The third kappa shape index (κ3) is 4.63. The van der Waals surface area contributed by atoms with E-state index in [0.717, 1.165) is 16.6 Å². The highest BCUT2D eigenvalue weighted by molar-refractivity contribution is 9.10. The molecule has 2 aromatic rings. The minimum Gasteiger partial charge on any atom is -0.343 e. The van der Waals surface area contributed by atoms with Crippen LogP contribution in [0, 0.1) is 11.6 Å². The number of nitrogens with one attached hydrogen (secondary N) is 2. The van der Waals surface area contributed by atoms with Crippen LogP contribution in [0.5, 0.6) is 0 Å². The van der Waals surface area contributed by atoms with E-state index in [1.165, 1.54) is 0 Å². The lowest BCUT2D eigenvalue weighted by atomic mass is 10.2. The molecular weight excluding hydrogens is 358 g/mol. The van der Waals surface area contributed by atoms with E-state index in [2.05, 4.69) is 26.6 Å². The first-order chi connectivity index (χ1) is 10.4. The Labute approximate surface area is 133 Å². The molecule has 0 spiro atoms. The van der Waals surface area contributed by atoms with Crippen molar-refractivity contribution in [3.63, 3.8) is 0 Å². The first-order valence-electron chi connectivity index (χ1n) is 6.24. The summed E-state index contributed by atoms with van der Waals surface area (Å²) in [7, 11) is 0. The normalized spacial score (nSPS) is 10.1. The van der Waals surface area contributed by atoms with Gasteiger partial charge in [0.1, 0.15) is 11.6 Å². The number of hydrogen-bond donors (Lipinski definition) is 2. The van der Waals surface area contributed by atoms with E-state index >= 15 is 0 Å². The van der Waals surface area contributed by atoms with Gasteiger partial charge in [0.2, 0.25) is 5.91 Å². The van der Waals surface area contributed by atoms with E-state index in [1.807, 2.05) is 0 Å². The summed E-state index contributed by atoms with van der Waals surface area (Å²) >= 11 is 3.27. The van der Waals surface area contributed by atoms with E-state index < -0.39 is 23.4 Å². The van der Waals surface area contributed by atoms with Gasteiger partial charge in [-0.15, -0.1) is 0 Å². The maximum atomic E-state index is 13.0. The molecule has 114 valence electrons. The van der Waals surface area contributed by atoms with Gasteiger partial charge in [-0.05, 0) is 36.4 Å². The molecule has 0 aliphatic carbocycles. The van der Waals surface area contributed by atoms with Crippen molar-refractivity contribution in [1.29, 1.82) is 0 Å². The molecule has 7 heteroatoms. The van der Waals surface area contributed by atoms with Crippen LogP contribution in [0.3, 0.4) is 0 Å². The average molecular weight is 369 g/mol. The molecule has 22 heavy (non-hydrogen) atoms. The molecule has 2 aromatic carbocycles. The summed E-state index contributed by atoms with van der Waals surface area (Å²) in [5, 5.41) is 4.87. The van der Waals surface area contributed by atoms with Crippen LogP contribution in [-0.4, -0.2) is 18.4 Å². The summed E-state index contributed by atoms with van der Waals surface area (Å²) in [6.45, 7) is -0.312. The maximum absolute atomic E-state index is 13.0. The van der Waals surface area contributed by atoms with Crippen molar-refractivity contribution in [1.82, 2.24) is 5.32 Å². The Morgan fingerprint density at radius 2 is 1.59 bits per heavy atom. The molecule has 4 nitrogen and oxygen atoms in total. The van der Waals surface area contributed by atoms with Gasteiger partial charge in [-0.25, -0.2) is 8.78 Å². The Morgan fingerprint density at radius 3 is 2.18 bits per heavy atom. The predicted molar refractivity (Wildman–Crippen MR) is 81.5 cm³/mol. The zero-order chi connectivity index (χ0) is 16.1. The van der Waals surface area contributed by atoms with Crippen LogP contribution in [0.4, 0.5) is 14.5 Å². The fourth-order valence-corrected chi connectivity index (χ4v) is 1.95. The van der Waals surface area contributed by atoms with Gasteiger partial charge in [0.05, 0.1) is 6.54 Å². The summed E-state index contributed by atoms with van der Waals surface area (Å²) in [5.74, 6) is -2.90. The van der Waals surface area contributed by atoms with Crippen molar-refractivity contribution in [2.24, 2.45) is 0 Å². The number of rotatable bonds is 4. The standard InChI is InChI=1S/C15H11BrF2N2O2/c16-10-1-3-13(4-2-10)20-14(21)8-19-15(22)9-5-11(17)7-12(18)6-9/h1-7H,8H2,(H,19,22)(H,20,21). The van der Waals surface area contributed by atoms with E-state index in [4.69, 9.17) is 0 Å². The van der Waals surface area contributed by atoms with Crippen molar-refractivity contribution in [3.05, 3.63) is 64.1 Å². The number of benzene rings is 2. The monoisotopic (exact) mass is 368 g/mol. The number of amides is 2. The van der Waals surface area contributed by atoms with Gasteiger partial charge in [0, 0.05) is 21.8 Å². The van der Waals surface area contributed by atoms with Gasteiger partial charge in [-0.1, -0.05) is 15.9 Å². The van der Waals surface area contributed by atoms with Gasteiger partial charge < -0.3 is 10.6 Å². The Balaban J connectivity index is 1.90. The van der Waals surface area contributed by atoms with E-state index in [1.54, 1.807) is 24.3 Å². The fraction of sp³-hybridized carbons (Fsp3) is 0.0667. The van der Waals surface area contributed by atoms with Crippen LogP contribution in [0.25, 0.3) is 0 Å². The fourth-order valence-electron chi connectivity index (χ4n) is 1.69. The van der Waals surface area contributed by atoms with Crippen molar-refractivity contribution < 1.29 is 18.4 Å². The first-order valence-corrected chi connectivity index (χ1v) is 7.03. The van der Waals surface area contributed by atoms with Crippen LogP contribution in [-0.2, 0) is 4.79 Å². The maximum Gasteiger partial charge on any atom is 0.251 e. The second kappa shape index (κ2) is 7.13. The van der Waals surface area contributed by atoms with Gasteiger partial charge in [0.15, 0.2) is 0 Å². The number of carbonyl (C=O) groups excluding carboxylic acids is 2. The topological polar surface area (TPSA) is 58.2 Å². The summed E-state index contributed by atoms with van der Waals surface area (Å²) in [5.41, 5.74) is 0.383. The molecule has 0 aliphatic rings. The third-order valence-electron chi connectivity index (χ3n) is 2.66. The van der Waals surface area contributed by atoms with Gasteiger partial charge >= 0.3 is 0 Å². The van der Waals surface area contributed by atoms with E-state index in [-0.39, 0.29) is 12.1 Å². The molecule has 2 rings (SSSR count). The van der Waals surface area contributed by atoms with Crippen LogP contribution in [0.2, 0.25) is 0 Å². The molecule has 0 heterocycles. The van der Waals surface area contributed by atoms with Crippen LogP contribution < -0.4 is 10.6 Å². The second-order valence-corrected chi connectivity index (χ2v) is 5.31. The minimum atomic E-state index is -0.857. The molecule has 0 saturated heterocycles. The summed E-state index contributed by atoms with van der Waals surface area (Å²) in [6.07, 6.45) is 0. The third-order valence-corrected chi connectivity index (χ3v) is 3.19. The Kier molecular flexibility index (Phi) is 5.21. The molecule has 0 bridgehead atoms. The number of carbonyl (C=O) groups is 2. The molecule has 0 aliphatic heterocycles. The number of hydrogen-bond acceptors (Lipinski definition) is 2. The van der Waals surface area contributed by atoms with Crippen LogP contribution in [0.1, 0.15) is 10.4 Å². The lowest BCUT2D eigenvalue weighted by Crippen LogP contribution is -2.32. The highest BCUT2D eigenvalue weighted by Gasteiger charge is 2.11. The average Bonchev–Trinajstić information content (AvgIpc) is 2.46. The molecule has 2 amide bonds. The predicted octanol–water partition coefficient (Wildman–Crippen LogP) is 3.10. The SMILES string of the molecule is O=C(CNC(=O)c1cc(F)cc(F)c1)Nc1ccc(Br)cc1. The first kappa shape index (κ1) is 16.1. The highest BCUT2D eigenvalue weighted by Crippen LogP contribution is 2.13. The lowest BCUT2D eigenvalue weighted by molar-refractivity contribution is -0.115. The highest BCUT2D eigenvalue weighted by atomic mass is 79.9. The van der Waals surface area contributed by atoms with Crippen molar-refractivity contribution in [3.8, 4) is 0 Å². The molecular formula is C15H11BrF2N2O2. The number of halogens is 3. The minimum absolute atomic E-state index is 0.186. The van der Waals surface area contributed by atoms with E-state index in [0.29, 0.717) is 11.8 Å².